The predicted molar refractivity (Wildman–Crippen MR) is 70.9 cm³/mol. The lowest BCUT2D eigenvalue weighted by atomic mass is 10.0. The highest BCUT2D eigenvalue weighted by Crippen LogP contribution is 2.16. The zero-order valence-corrected chi connectivity index (χ0v) is 11.7. The first-order valence-electron chi connectivity index (χ1n) is 6.75. The van der Waals surface area contributed by atoms with Gasteiger partial charge in [-0.25, -0.2) is 0 Å². The van der Waals surface area contributed by atoms with Gasteiger partial charge in [-0.05, 0) is 26.8 Å². The second-order valence-electron chi connectivity index (χ2n) is 5.08. The Hall–Kier alpha value is -0.900. The van der Waals surface area contributed by atoms with Crippen LogP contribution in [-0.2, 0) is 12.1 Å². The van der Waals surface area contributed by atoms with Crippen LogP contribution in [0, 0.1) is 0 Å². The first kappa shape index (κ1) is 14.2. The van der Waals surface area contributed by atoms with Crippen LogP contribution >= 0.6 is 0 Å². The molecular formula is C13H26N4. The number of unbranched alkanes of at least 4 members (excludes halogenated alkanes) is 3. The molecule has 0 aliphatic carbocycles. The van der Waals surface area contributed by atoms with Crippen molar-refractivity contribution < 1.29 is 0 Å². The van der Waals surface area contributed by atoms with Crippen LogP contribution < -0.4 is 5.32 Å². The van der Waals surface area contributed by atoms with Crippen LogP contribution in [0.2, 0.25) is 0 Å². The maximum atomic E-state index is 4.26. The number of aryl methyl sites for hydroxylation is 1. The molecule has 0 atom stereocenters. The van der Waals surface area contributed by atoms with Gasteiger partial charge in [0, 0.05) is 6.54 Å². The summed E-state index contributed by atoms with van der Waals surface area (Å²) in [6, 6.07) is 0. The average Bonchev–Trinajstić information content (AvgIpc) is 2.74. The summed E-state index contributed by atoms with van der Waals surface area (Å²) in [4.78, 5) is 0. The number of nitrogens with one attached hydrogen (secondary N) is 1. The summed E-state index contributed by atoms with van der Waals surface area (Å²) in [6.07, 6.45) is 7.12. The largest absolute Gasteiger partial charge is 0.307 e. The Morgan fingerprint density at radius 3 is 2.65 bits per heavy atom. The summed E-state index contributed by atoms with van der Waals surface area (Å²) >= 11 is 0. The molecule has 1 aromatic rings. The van der Waals surface area contributed by atoms with Crippen LogP contribution in [0.25, 0.3) is 0 Å². The third-order valence-electron chi connectivity index (χ3n) is 3.04. The van der Waals surface area contributed by atoms with Gasteiger partial charge >= 0.3 is 0 Å². The first-order chi connectivity index (χ1) is 8.10. The van der Waals surface area contributed by atoms with Gasteiger partial charge in [-0.1, -0.05) is 38.3 Å². The van der Waals surface area contributed by atoms with Crippen molar-refractivity contribution in [2.24, 2.45) is 0 Å². The van der Waals surface area contributed by atoms with Gasteiger partial charge in [0.2, 0.25) is 0 Å². The van der Waals surface area contributed by atoms with Crippen molar-refractivity contribution in [1.82, 2.24) is 20.3 Å². The van der Waals surface area contributed by atoms with Crippen molar-refractivity contribution >= 4 is 0 Å². The Balaban J connectivity index is 2.47. The van der Waals surface area contributed by atoms with Crippen molar-refractivity contribution in [3.05, 3.63) is 11.9 Å². The van der Waals surface area contributed by atoms with E-state index in [-0.39, 0.29) is 5.54 Å². The summed E-state index contributed by atoms with van der Waals surface area (Å²) in [7, 11) is 0. The summed E-state index contributed by atoms with van der Waals surface area (Å²) in [5, 5.41) is 11.9. The van der Waals surface area contributed by atoms with Crippen LogP contribution in [0.4, 0.5) is 0 Å². The third kappa shape index (κ3) is 4.46. The van der Waals surface area contributed by atoms with Crippen molar-refractivity contribution in [1.29, 1.82) is 0 Å². The molecule has 1 N–H and O–H groups in total. The minimum atomic E-state index is -0.0869. The normalized spacial score (nSPS) is 12.0. The molecule has 4 heteroatoms. The maximum absolute atomic E-state index is 4.26. The minimum absolute atomic E-state index is 0.0869. The Morgan fingerprint density at radius 2 is 2.00 bits per heavy atom. The summed E-state index contributed by atoms with van der Waals surface area (Å²) in [6.45, 7) is 10.5. The first-order valence-corrected chi connectivity index (χ1v) is 6.75. The quantitative estimate of drug-likeness (QED) is 0.708. The van der Waals surface area contributed by atoms with Gasteiger partial charge < -0.3 is 5.32 Å². The molecule has 0 spiro atoms. The molecule has 0 radical (unpaired) electrons. The Labute approximate surface area is 105 Å². The van der Waals surface area contributed by atoms with Crippen LogP contribution in [-0.4, -0.2) is 21.5 Å². The van der Waals surface area contributed by atoms with Gasteiger partial charge in [-0.2, -0.15) is 0 Å². The van der Waals surface area contributed by atoms with E-state index in [1.807, 2.05) is 4.68 Å². The zero-order valence-electron chi connectivity index (χ0n) is 11.7. The smallest absolute Gasteiger partial charge is 0.102 e. The van der Waals surface area contributed by atoms with E-state index in [1.165, 1.54) is 25.7 Å². The minimum Gasteiger partial charge on any atom is -0.307 e. The molecule has 0 aliphatic rings. The van der Waals surface area contributed by atoms with E-state index in [9.17, 15) is 0 Å². The fourth-order valence-electron chi connectivity index (χ4n) is 1.93. The lowest BCUT2D eigenvalue weighted by Gasteiger charge is -2.22. The lowest BCUT2D eigenvalue weighted by molar-refractivity contribution is 0.403. The number of aromatic nitrogens is 3. The standard InChI is InChI=1S/C13H26N4/c1-5-7-8-9-10-17-11-12(15-16-17)13(3,4)14-6-2/h11,14H,5-10H2,1-4H3. The average molecular weight is 238 g/mol. The Morgan fingerprint density at radius 1 is 1.24 bits per heavy atom. The summed E-state index contributed by atoms with van der Waals surface area (Å²) in [5.41, 5.74) is 0.936. The second kappa shape index (κ2) is 6.74. The van der Waals surface area contributed by atoms with E-state index in [0.29, 0.717) is 0 Å². The van der Waals surface area contributed by atoms with Crippen molar-refractivity contribution in [2.45, 2.75) is 65.5 Å². The lowest BCUT2D eigenvalue weighted by Crippen LogP contribution is -2.36. The zero-order chi connectivity index (χ0) is 12.7. The second-order valence-corrected chi connectivity index (χ2v) is 5.08. The van der Waals surface area contributed by atoms with Crippen LogP contribution in [0.5, 0.6) is 0 Å². The van der Waals surface area contributed by atoms with E-state index < -0.39 is 0 Å². The maximum Gasteiger partial charge on any atom is 0.102 e. The molecule has 0 aromatic carbocycles. The van der Waals surface area contributed by atoms with Crippen LogP contribution in [0.1, 0.15) is 59.1 Å². The Kier molecular flexibility index (Phi) is 5.62. The Bertz CT molecular complexity index is 317. The van der Waals surface area contributed by atoms with Gasteiger partial charge in [0.25, 0.3) is 0 Å². The van der Waals surface area contributed by atoms with Crippen molar-refractivity contribution in [3.63, 3.8) is 0 Å². The SMILES string of the molecule is CCCCCCn1cc(C(C)(C)NCC)nn1. The van der Waals surface area contributed by atoms with E-state index in [2.05, 4.69) is 49.5 Å². The molecular weight excluding hydrogens is 212 g/mol. The van der Waals surface area contributed by atoms with Gasteiger partial charge in [-0.15, -0.1) is 5.10 Å². The molecule has 0 bridgehead atoms. The van der Waals surface area contributed by atoms with Gasteiger partial charge in [0.05, 0.1) is 11.7 Å². The van der Waals surface area contributed by atoms with Crippen molar-refractivity contribution in [3.8, 4) is 0 Å². The van der Waals surface area contributed by atoms with Gasteiger partial charge in [0.1, 0.15) is 5.69 Å². The molecule has 17 heavy (non-hydrogen) atoms. The molecule has 1 rings (SSSR count). The number of nitrogens with zero attached hydrogens (tertiary/aromatic N) is 3. The number of hydrogen-bond acceptors (Lipinski definition) is 3. The van der Waals surface area contributed by atoms with Crippen LogP contribution in [0.15, 0.2) is 6.20 Å². The molecule has 0 unspecified atom stereocenters. The number of rotatable bonds is 8. The molecule has 98 valence electrons. The molecule has 4 nitrogen and oxygen atoms in total. The third-order valence-corrected chi connectivity index (χ3v) is 3.04. The molecule has 0 fully saturated rings. The number of hydrogen-bond donors (Lipinski definition) is 1. The van der Waals surface area contributed by atoms with Gasteiger partial charge in [-0.3, -0.25) is 4.68 Å². The molecule has 0 amide bonds. The van der Waals surface area contributed by atoms with E-state index in [1.54, 1.807) is 0 Å². The highest BCUT2D eigenvalue weighted by Gasteiger charge is 2.22. The fourth-order valence-corrected chi connectivity index (χ4v) is 1.93. The van der Waals surface area contributed by atoms with E-state index >= 15 is 0 Å². The topological polar surface area (TPSA) is 42.7 Å². The highest BCUT2D eigenvalue weighted by molar-refractivity contribution is 5.06. The summed E-state index contributed by atoms with van der Waals surface area (Å²) < 4.78 is 1.96. The highest BCUT2D eigenvalue weighted by atomic mass is 15.4. The molecule has 0 saturated carbocycles. The van der Waals surface area contributed by atoms with E-state index in [4.69, 9.17) is 0 Å². The predicted octanol–water partition coefficient (Wildman–Crippen LogP) is 2.70. The summed E-state index contributed by atoms with van der Waals surface area (Å²) in [5.74, 6) is 0. The molecule has 0 aliphatic heterocycles. The molecule has 0 saturated heterocycles. The van der Waals surface area contributed by atoms with Gasteiger partial charge in [0.15, 0.2) is 0 Å². The molecule has 1 heterocycles. The van der Waals surface area contributed by atoms with Crippen molar-refractivity contribution in [2.75, 3.05) is 6.54 Å². The van der Waals surface area contributed by atoms with Crippen LogP contribution in [0.3, 0.4) is 0 Å². The monoisotopic (exact) mass is 238 g/mol. The fraction of sp³-hybridized carbons (Fsp3) is 0.846. The van der Waals surface area contributed by atoms with E-state index in [0.717, 1.165) is 18.8 Å². The molecule has 1 aromatic heterocycles.